The van der Waals surface area contributed by atoms with Crippen molar-refractivity contribution in [2.24, 2.45) is 5.92 Å². The zero-order valence-electron chi connectivity index (χ0n) is 16.9. The van der Waals surface area contributed by atoms with Gasteiger partial charge in [0.2, 0.25) is 5.91 Å². The van der Waals surface area contributed by atoms with Crippen molar-refractivity contribution >= 4 is 22.5 Å². The van der Waals surface area contributed by atoms with Gasteiger partial charge in [-0.15, -0.1) is 10.2 Å². The number of hydrogen-bond acceptors (Lipinski definition) is 6. The fourth-order valence-electron chi connectivity index (χ4n) is 4.16. The van der Waals surface area contributed by atoms with Crippen LogP contribution in [0.4, 0.5) is 19.0 Å². The van der Waals surface area contributed by atoms with Crippen LogP contribution in [0.1, 0.15) is 24.8 Å². The molecule has 0 spiro atoms. The molecule has 2 aliphatic rings. The lowest BCUT2D eigenvalue weighted by molar-refractivity contribution is -0.137. The summed E-state index contributed by atoms with van der Waals surface area (Å²) in [5.41, 5.74) is -0.535. The number of nitrogens with zero attached hydrogens (tertiary/aromatic N) is 4. The number of benzene rings is 1. The smallest absolute Gasteiger partial charge is 0.416 e. The van der Waals surface area contributed by atoms with Crippen LogP contribution < -0.4 is 5.32 Å². The van der Waals surface area contributed by atoms with Crippen LogP contribution in [0.15, 0.2) is 36.7 Å². The largest absolute Gasteiger partial charge is 0.507 e. The van der Waals surface area contributed by atoms with E-state index in [0.717, 1.165) is 25.5 Å². The van der Waals surface area contributed by atoms with Crippen molar-refractivity contribution in [3.8, 4) is 17.0 Å². The number of halogens is 3. The van der Waals surface area contributed by atoms with E-state index in [-0.39, 0.29) is 23.1 Å². The standard InChI is InChI=1S/C22H20F3N5O2/c23-22(24,25)13-1-4-16(18(31)8-13)20-15-5-6-26-10-17(15)21(29-28-20)27-9-12-7-19(32)30(11-12)14-2-3-14/h1,4-6,8,10,12,14,31H,2-3,7,9,11H2,(H,27,29)/t12-/m1/s1. The van der Waals surface area contributed by atoms with Crippen molar-refractivity contribution in [2.45, 2.75) is 31.5 Å². The number of nitrogens with one attached hydrogen (secondary N) is 1. The van der Waals surface area contributed by atoms with E-state index < -0.39 is 17.5 Å². The maximum atomic E-state index is 12.9. The summed E-state index contributed by atoms with van der Waals surface area (Å²) in [4.78, 5) is 18.3. The van der Waals surface area contributed by atoms with Crippen molar-refractivity contribution in [3.63, 3.8) is 0 Å². The van der Waals surface area contributed by atoms with E-state index in [0.29, 0.717) is 41.7 Å². The van der Waals surface area contributed by atoms with Crippen LogP contribution in [0.2, 0.25) is 0 Å². The summed E-state index contributed by atoms with van der Waals surface area (Å²) in [5.74, 6) is 0.290. The highest BCUT2D eigenvalue weighted by Crippen LogP contribution is 2.38. The molecule has 1 aliphatic carbocycles. The number of alkyl halides is 3. The Hall–Kier alpha value is -3.43. The SMILES string of the molecule is O=C1C[C@H](CNc2nnc(-c3ccc(C(F)(F)F)cc3O)c3ccncc23)CN1C1CC1. The number of phenols is 1. The van der Waals surface area contributed by atoms with Gasteiger partial charge in [0.15, 0.2) is 5.82 Å². The lowest BCUT2D eigenvalue weighted by Crippen LogP contribution is -2.28. The molecule has 2 aromatic heterocycles. The van der Waals surface area contributed by atoms with Gasteiger partial charge in [-0.1, -0.05) is 0 Å². The van der Waals surface area contributed by atoms with Crippen LogP contribution >= 0.6 is 0 Å². The molecule has 3 heterocycles. The molecule has 0 bridgehead atoms. The van der Waals surface area contributed by atoms with Crippen molar-refractivity contribution in [1.29, 1.82) is 0 Å². The van der Waals surface area contributed by atoms with Gasteiger partial charge in [-0.2, -0.15) is 13.2 Å². The average molecular weight is 443 g/mol. The summed E-state index contributed by atoms with van der Waals surface area (Å²) in [7, 11) is 0. The molecule has 0 radical (unpaired) electrons. The van der Waals surface area contributed by atoms with Crippen LogP contribution in [0.25, 0.3) is 22.0 Å². The first-order valence-electron chi connectivity index (χ1n) is 10.4. The molecule has 32 heavy (non-hydrogen) atoms. The van der Waals surface area contributed by atoms with E-state index in [1.54, 1.807) is 18.5 Å². The molecule has 1 aliphatic heterocycles. The van der Waals surface area contributed by atoms with Crippen LogP contribution in [0.5, 0.6) is 5.75 Å². The number of rotatable bonds is 5. The molecule has 1 amide bonds. The average Bonchev–Trinajstić information content (AvgIpc) is 3.54. The van der Waals surface area contributed by atoms with Crippen LogP contribution in [0.3, 0.4) is 0 Å². The zero-order chi connectivity index (χ0) is 22.5. The highest BCUT2D eigenvalue weighted by Gasteiger charge is 2.39. The molecule has 166 valence electrons. The van der Waals surface area contributed by atoms with Gasteiger partial charge in [0.05, 0.1) is 5.56 Å². The Morgan fingerprint density at radius 2 is 1.97 bits per heavy atom. The number of likely N-dealkylation sites (tertiary alicyclic amines) is 1. The molecule has 2 N–H and O–H groups in total. The Bertz CT molecular complexity index is 1200. The van der Waals surface area contributed by atoms with E-state index >= 15 is 0 Å². The third-order valence-electron chi connectivity index (χ3n) is 5.95. The normalized spacial score (nSPS) is 19.0. The van der Waals surface area contributed by atoms with Crippen LogP contribution in [0, 0.1) is 5.92 Å². The Morgan fingerprint density at radius 1 is 1.16 bits per heavy atom. The zero-order valence-corrected chi connectivity index (χ0v) is 16.9. The van der Waals surface area contributed by atoms with Gasteiger partial charge in [-0.3, -0.25) is 9.78 Å². The van der Waals surface area contributed by atoms with E-state index in [2.05, 4.69) is 20.5 Å². The molecule has 0 unspecified atom stereocenters. The molecular weight excluding hydrogens is 423 g/mol. The highest BCUT2D eigenvalue weighted by atomic mass is 19.4. The number of pyridine rings is 1. The molecule has 1 aromatic carbocycles. The molecular formula is C22H20F3N5O2. The van der Waals surface area contributed by atoms with E-state index in [4.69, 9.17) is 0 Å². The first-order valence-corrected chi connectivity index (χ1v) is 10.4. The fraction of sp³-hybridized carbons (Fsp3) is 0.364. The second-order valence-electron chi connectivity index (χ2n) is 8.28. The van der Waals surface area contributed by atoms with Crippen molar-refractivity contribution in [3.05, 3.63) is 42.2 Å². The first kappa shape index (κ1) is 20.5. The molecule has 2 fully saturated rings. The van der Waals surface area contributed by atoms with Crippen molar-refractivity contribution in [1.82, 2.24) is 20.1 Å². The summed E-state index contributed by atoms with van der Waals surface area (Å²) in [6.07, 6.45) is 1.22. The summed E-state index contributed by atoms with van der Waals surface area (Å²) in [6, 6.07) is 4.84. The topological polar surface area (TPSA) is 91.2 Å². The molecule has 1 saturated heterocycles. The minimum Gasteiger partial charge on any atom is -0.507 e. The van der Waals surface area contributed by atoms with Gasteiger partial charge in [0.1, 0.15) is 11.4 Å². The minimum atomic E-state index is -4.56. The Kier molecular flexibility index (Phi) is 4.87. The maximum absolute atomic E-state index is 12.9. The number of aromatic hydroxyl groups is 1. The third kappa shape index (κ3) is 3.80. The number of carbonyl (C=O) groups is 1. The van der Waals surface area contributed by atoms with Gasteiger partial charge in [0.25, 0.3) is 0 Å². The molecule has 1 saturated carbocycles. The van der Waals surface area contributed by atoms with Crippen molar-refractivity contribution in [2.75, 3.05) is 18.4 Å². The second kappa shape index (κ2) is 7.61. The Balaban J connectivity index is 1.42. The van der Waals surface area contributed by atoms with E-state index in [1.165, 1.54) is 6.07 Å². The molecule has 1 atom stereocenters. The monoisotopic (exact) mass is 443 g/mol. The summed E-state index contributed by atoms with van der Waals surface area (Å²) in [6.45, 7) is 1.26. The molecule has 5 rings (SSSR count). The Labute approximate surface area is 181 Å². The van der Waals surface area contributed by atoms with Gasteiger partial charge < -0.3 is 15.3 Å². The number of carbonyl (C=O) groups excluding carboxylic acids is 1. The molecule has 10 heteroatoms. The number of fused-ring (bicyclic) bond motifs is 1. The van der Waals surface area contributed by atoms with Crippen LogP contribution in [-0.4, -0.2) is 50.2 Å². The molecule has 7 nitrogen and oxygen atoms in total. The van der Waals surface area contributed by atoms with E-state index in [9.17, 15) is 23.1 Å². The fourth-order valence-corrected chi connectivity index (χ4v) is 4.16. The summed E-state index contributed by atoms with van der Waals surface area (Å²) >= 11 is 0. The second-order valence-corrected chi connectivity index (χ2v) is 8.28. The molecule has 3 aromatic rings. The third-order valence-corrected chi connectivity index (χ3v) is 5.95. The maximum Gasteiger partial charge on any atom is 0.416 e. The number of phenolic OH excluding ortho intramolecular Hbond substituents is 1. The summed E-state index contributed by atoms with van der Waals surface area (Å²) in [5, 5.41) is 23.1. The quantitative estimate of drug-likeness (QED) is 0.623. The predicted octanol–water partition coefficient (Wildman–Crippen LogP) is 3.84. The first-order chi connectivity index (χ1) is 15.3. The van der Waals surface area contributed by atoms with Crippen molar-refractivity contribution < 1.29 is 23.1 Å². The number of hydrogen-bond donors (Lipinski definition) is 2. The minimum absolute atomic E-state index is 0.148. The highest BCUT2D eigenvalue weighted by molar-refractivity contribution is 6.00. The van der Waals surface area contributed by atoms with Gasteiger partial charge in [-0.25, -0.2) is 0 Å². The Morgan fingerprint density at radius 3 is 2.69 bits per heavy atom. The lowest BCUT2D eigenvalue weighted by Gasteiger charge is -2.16. The van der Waals surface area contributed by atoms with Gasteiger partial charge in [-0.05, 0) is 37.1 Å². The number of anilines is 1. The number of amides is 1. The van der Waals surface area contributed by atoms with Crippen LogP contribution in [-0.2, 0) is 11.0 Å². The van der Waals surface area contributed by atoms with Gasteiger partial charge in [0, 0.05) is 60.2 Å². The predicted molar refractivity (Wildman–Crippen MR) is 111 cm³/mol. The van der Waals surface area contributed by atoms with E-state index in [1.807, 2.05) is 4.90 Å². The van der Waals surface area contributed by atoms with Gasteiger partial charge >= 0.3 is 6.18 Å². The lowest BCUT2D eigenvalue weighted by atomic mass is 10.0. The number of aromatic nitrogens is 3. The summed E-state index contributed by atoms with van der Waals surface area (Å²) < 4.78 is 38.8.